The number of nitrogens with zero attached hydrogens (tertiary/aromatic N) is 1. The van der Waals surface area contributed by atoms with Gasteiger partial charge in [-0.1, -0.05) is 36.4 Å². The SMILES string of the molecule is [2H]c1ccccc1I.[2H]c1ccccc1[N+](=O)[O-]. The standard InChI is InChI=1S/C6H5I.C6H5NO2/c7-6-4-2-1-3-5-6;8-7(9)6-4-2-1-3-5-6/h1-5H;1-5H/i2*4D. The third kappa shape index (κ3) is 4.88. The second kappa shape index (κ2) is 6.95. The van der Waals surface area contributed by atoms with Crippen molar-refractivity contribution in [3.63, 3.8) is 0 Å². The molecule has 82 valence electrons. The molecule has 0 amide bonds. The molecule has 3 nitrogen and oxygen atoms in total. The normalized spacial score (nSPS) is 10.6. The lowest BCUT2D eigenvalue weighted by atomic mass is 10.3. The molecule has 0 aliphatic carbocycles. The molecule has 0 spiro atoms. The molecule has 0 aromatic heterocycles. The van der Waals surface area contributed by atoms with Crippen LogP contribution >= 0.6 is 22.6 Å². The lowest BCUT2D eigenvalue weighted by Gasteiger charge is -1.85. The van der Waals surface area contributed by atoms with E-state index in [2.05, 4.69) is 22.6 Å². The van der Waals surface area contributed by atoms with Gasteiger partial charge in [0.25, 0.3) is 5.69 Å². The van der Waals surface area contributed by atoms with E-state index in [1.807, 2.05) is 18.2 Å². The maximum Gasteiger partial charge on any atom is 0.269 e. The Bertz CT molecular complexity index is 528. The Morgan fingerprint density at radius 2 is 1.69 bits per heavy atom. The summed E-state index contributed by atoms with van der Waals surface area (Å²) in [6, 6.07) is 13.9. The Hall–Kier alpha value is -1.43. The summed E-state index contributed by atoms with van der Waals surface area (Å²) in [7, 11) is 0. The van der Waals surface area contributed by atoms with Crippen molar-refractivity contribution in [1.29, 1.82) is 0 Å². The highest BCUT2D eigenvalue weighted by Crippen LogP contribution is 2.06. The quantitative estimate of drug-likeness (QED) is 0.453. The van der Waals surface area contributed by atoms with Crippen LogP contribution in [-0.2, 0) is 0 Å². The van der Waals surface area contributed by atoms with Gasteiger partial charge in [-0.3, -0.25) is 10.1 Å². The highest BCUT2D eigenvalue weighted by Gasteiger charge is 1.98. The number of para-hydroxylation sites is 1. The van der Waals surface area contributed by atoms with Crippen LogP contribution in [0.1, 0.15) is 2.74 Å². The Morgan fingerprint density at radius 1 is 1.06 bits per heavy atom. The molecular weight excluding hydrogens is 317 g/mol. The van der Waals surface area contributed by atoms with Crippen LogP contribution in [0.15, 0.2) is 60.6 Å². The number of benzene rings is 2. The average Bonchev–Trinajstić information content (AvgIpc) is 2.34. The zero-order valence-corrected chi connectivity index (χ0v) is 10.4. The van der Waals surface area contributed by atoms with Crippen LogP contribution in [0, 0.1) is 13.7 Å². The van der Waals surface area contributed by atoms with Crippen LogP contribution in [0.3, 0.4) is 0 Å². The Kier molecular flexibility index (Phi) is 4.24. The zero-order valence-electron chi connectivity index (χ0n) is 10.3. The average molecular weight is 329 g/mol. The van der Waals surface area contributed by atoms with Crippen molar-refractivity contribution >= 4 is 28.3 Å². The van der Waals surface area contributed by atoms with E-state index >= 15 is 0 Å². The van der Waals surface area contributed by atoms with E-state index in [0.717, 1.165) is 3.57 Å². The molecule has 0 bridgehead atoms. The molecule has 2 aromatic rings. The first-order valence-corrected chi connectivity index (χ1v) is 5.51. The molecule has 4 heteroatoms. The highest BCUT2D eigenvalue weighted by atomic mass is 127. The molecule has 0 fully saturated rings. The molecule has 2 aromatic carbocycles. The molecule has 0 unspecified atom stereocenters. The Morgan fingerprint density at radius 3 is 2.06 bits per heavy atom. The molecule has 0 atom stereocenters. The van der Waals surface area contributed by atoms with Crippen molar-refractivity contribution in [2.24, 2.45) is 0 Å². The molecular formula is C12H10INO2. The fraction of sp³-hybridized carbons (Fsp3) is 0. The van der Waals surface area contributed by atoms with Gasteiger partial charge in [-0.05, 0) is 34.7 Å². The summed E-state index contributed by atoms with van der Waals surface area (Å²) < 4.78 is 15.3. The van der Waals surface area contributed by atoms with Crippen LogP contribution in [0.2, 0.25) is 0 Å². The lowest BCUT2D eigenvalue weighted by Crippen LogP contribution is -1.84. The van der Waals surface area contributed by atoms with E-state index in [0.29, 0.717) is 6.04 Å². The van der Waals surface area contributed by atoms with Gasteiger partial charge >= 0.3 is 0 Å². The van der Waals surface area contributed by atoms with Crippen LogP contribution in [0.25, 0.3) is 0 Å². The van der Waals surface area contributed by atoms with Gasteiger partial charge in [0.15, 0.2) is 0 Å². The third-order valence-electron chi connectivity index (χ3n) is 1.56. The number of nitro benzene ring substituents is 1. The van der Waals surface area contributed by atoms with E-state index in [1.54, 1.807) is 12.1 Å². The van der Waals surface area contributed by atoms with Crippen LogP contribution in [-0.4, -0.2) is 4.92 Å². The van der Waals surface area contributed by atoms with E-state index in [1.165, 1.54) is 18.2 Å². The molecule has 0 saturated carbocycles. The van der Waals surface area contributed by atoms with Gasteiger partial charge in [-0.15, -0.1) is 0 Å². The lowest BCUT2D eigenvalue weighted by molar-refractivity contribution is -0.384. The minimum atomic E-state index is -0.567. The summed E-state index contributed by atoms with van der Waals surface area (Å²) in [6.07, 6.45) is 0. The van der Waals surface area contributed by atoms with E-state index in [4.69, 9.17) is 2.74 Å². The summed E-state index contributed by atoms with van der Waals surface area (Å²) in [6.45, 7) is 0. The minimum Gasteiger partial charge on any atom is -0.258 e. The summed E-state index contributed by atoms with van der Waals surface area (Å²) in [5.41, 5.74) is -0.150. The Labute approximate surface area is 110 Å². The summed E-state index contributed by atoms with van der Waals surface area (Å²) in [5.74, 6) is 0. The largest absolute Gasteiger partial charge is 0.269 e. The molecule has 0 radical (unpaired) electrons. The van der Waals surface area contributed by atoms with Gasteiger partial charge in [0.05, 0.1) is 7.66 Å². The molecule has 0 N–H and O–H groups in total. The van der Waals surface area contributed by atoms with E-state index in [9.17, 15) is 10.1 Å². The van der Waals surface area contributed by atoms with Gasteiger partial charge in [-0.2, -0.15) is 0 Å². The Balaban J connectivity index is 0.000000184. The monoisotopic (exact) mass is 329 g/mol. The zero-order chi connectivity index (χ0) is 13.5. The second-order valence-corrected chi connectivity index (χ2v) is 3.88. The van der Waals surface area contributed by atoms with Crippen molar-refractivity contribution in [2.75, 3.05) is 0 Å². The van der Waals surface area contributed by atoms with E-state index in [-0.39, 0.29) is 11.7 Å². The predicted octanol–water partition coefficient (Wildman–Crippen LogP) is 3.89. The van der Waals surface area contributed by atoms with Crippen molar-refractivity contribution < 1.29 is 7.66 Å². The summed E-state index contributed by atoms with van der Waals surface area (Å²) in [4.78, 5) is 9.54. The molecule has 0 aliphatic rings. The summed E-state index contributed by atoms with van der Waals surface area (Å²) in [5, 5.41) is 10.1. The van der Waals surface area contributed by atoms with Crippen molar-refractivity contribution in [3.8, 4) is 0 Å². The molecule has 16 heavy (non-hydrogen) atoms. The van der Waals surface area contributed by atoms with Gasteiger partial charge < -0.3 is 0 Å². The predicted molar refractivity (Wildman–Crippen MR) is 72.3 cm³/mol. The first-order valence-electron chi connectivity index (χ1n) is 5.43. The van der Waals surface area contributed by atoms with Gasteiger partial charge in [-0.25, -0.2) is 0 Å². The number of nitro groups is 1. The van der Waals surface area contributed by atoms with Gasteiger partial charge in [0.1, 0.15) is 0 Å². The highest BCUT2D eigenvalue weighted by molar-refractivity contribution is 14.1. The van der Waals surface area contributed by atoms with Gasteiger partial charge in [0, 0.05) is 15.7 Å². The number of hydrogen-bond donors (Lipinski definition) is 0. The maximum absolute atomic E-state index is 10.1. The number of hydrogen-bond acceptors (Lipinski definition) is 2. The fourth-order valence-electron chi connectivity index (χ4n) is 0.869. The smallest absolute Gasteiger partial charge is 0.258 e. The topological polar surface area (TPSA) is 43.1 Å². The van der Waals surface area contributed by atoms with Crippen molar-refractivity contribution in [3.05, 3.63) is 74.3 Å². The van der Waals surface area contributed by atoms with E-state index < -0.39 is 4.92 Å². The van der Waals surface area contributed by atoms with Crippen molar-refractivity contribution in [2.45, 2.75) is 0 Å². The summed E-state index contributed by atoms with van der Waals surface area (Å²) >= 11 is 2.14. The first-order chi connectivity index (χ1) is 8.52. The number of rotatable bonds is 1. The van der Waals surface area contributed by atoms with Crippen LogP contribution in [0.5, 0.6) is 0 Å². The fourth-order valence-corrected chi connectivity index (χ4v) is 1.26. The minimum absolute atomic E-state index is 0.0486. The molecule has 0 aliphatic heterocycles. The molecule has 0 saturated heterocycles. The number of halogens is 1. The van der Waals surface area contributed by atoms with Gasteiger partial charge in [0.2, 0.25) is 0 Å². The van der Waals surface area contributed by atoms with Crippen molar-refractivity contribution in [1.82, 2.24) is 0 Å². The molecule has 2 rings (SSSR count). The first kappa shape index (κ1) is 9.77. The maximum atomic E-state index is 10.1. The second-order valence-electron chi connectivity index (χ2n) is 2.72. The molecule has 0 heterocycles. The third-order valence-corrected chi connectivity index (χ3v) is 2.23. The van der Waals surface area contributed by atoms with Crippen LogP contribution in [0.4, 0.5) is 5.69 Å². The van der Waals surface area contributed by atoms with Crippen LogP contribution < -0.4 is 0 Å².